The zero-order chi connectivity index (χ0) is 20.1. The summed E-state index contributed by atoms with van der Waals surface area (Å²) in [5, 5.41) is 12.8. The molecule has 29 heavy (non-hydrogen) atoms. The average molecular weight is 402 g/mol. The molecule has 1 aromatic carbocycles. The second kappa shape index (κ2) is 9.54. The Balaban J connectivity index is 1.41. The first-order valence-corrected chi connectivity index (χ1v) is 10.9. The van der Waals surface area contributed by atoms with Crippen molar-refractivity contribution < 1.29 is 14.4 Å². The molecule has 8 nitrogen and oxygen atoms in total. The largest absolute Gasteiger partial charge is 0.497 e. The monoisotopic (exact) mass is 401 g/mol. The predicted octanol–water partition coefficient (Wildman–Crippen LogP) is 1.11. The molecule has 0 bridgehead atoms. The van der Waals surface area contributed by atoms with E-state index in [1.807, 2.05) is 16.8 Å². The Morgan fingerprint density at radius 2 is 2.03 bits per heavy atom. The molecule has 2 aliphatic heterocycles. The van der Waals surface area contributed by atoms with Crippen molar-refractivity contribution in [1.82, 2.24) is 20.2 Å². The van der Waals surface area contributed by atoms with E-state index in [0.717, 1.165) is 76.6 Å². The van der Waals surface area contributed by atoms with Gasteiger partial charge < -0.3 is 19.3 Å². The quantitative estimate of drug-likeness (QED) is 0.715. The van der Waals surface area contributed by atoms with Crippen molar-refractivity contribution in [3.05, 3.63) is 30.1 Å². The maximum Gasteiger partial charge on any atom is 0.209 e. The number of nitrogens with one attached hydrogen (secondary N) is 1. The highest BCUT2D eigenvalue weighted by Gasteiger charge is 2.33. The Bertz CT molecular complexity index is 751. The fraction of sp³-hybridized carbons (Fsp3) is 0.667. The summed E-state index contributed by atoms with van der Waals surface area (Å²) >= 11 is 0. The normalized spacial score (nSPS) is 21.4. The Hall–Kier alpha value is -2.19. The minimum absolute atomic E-state index is 0.251. The molecular formula is C21H33N6O2+. The zero-order valence-corrected chi connectivity index (χ0v) is 17.6. The van der Waals surface area contributed by atoms with Crippen LogP contribution in [-0.4, -0.2) is 66.2 Å². The summed E-state index contributed by atoms with van der Waals surface area (Å²) in [6.45, 7) is 8.12. The summed E-state index contributed by atoms with van der Waals surface area (Å²) in [5.41, 5.74) is 1.26. The fourth-order valence-corrected chi connectivity index (χ4v) is 4.57. The first kappa shape index (κ1) is 20.1. The van der Waals surface area contributed by atoms with Crippen LogP contribution in [0.1, 0.15) is 44.5 Å². The number of tetrazole rings is 1. The van der Waals surface area contributed by atoms with E-state index in [4.69, 9.17) is 9.47 Å². The number of hydrogen-bond donors (Lipinski definition) is 1. The number of nitrogens with zero attached hydrogens (tertiary/aromatic N) is 5. The fourth-order valence-electron chi connectivity index (χ4n) is 4.57. The lowest BCUT2D eigenvalue weighted by Gasteiger charge is -2.37. The average Bonchev–Trinajstić information content (AvgIpc) is 3.45. The van der Waals surface area contributed by atoms with Crippen molar-refractivity contribution in [2.24, 2.45) is 0 Å². The van der Waals surface area contributed by atoms with Crippen molar-refractivity contribution in [3.8, 4) is 5.75 Å². The Morgan fingerprint density at radius 3 is 2.69 bits per heavy atom. The van der Waals surface area contributed by atoms with Gasteiger partial charge in [0.15, 0.2) is 0 Å². The third kappa shape index (κ3) is 4.70. The number of piperazine rings is 1. The van der Waals surface area contributed by atoms with E-state index < -0.39 is 0 Å². The van der Waals surface area contributed by atoms with Gasteiger partial charge in [-0.15, -0.1) is 5.10 Å². The number of ether oxygens (including phenoxy) is 2. The van der Waals surface area contributed by atoms with Gasteiger partial charge in [0.25, 0.3) is 0 Å². The van der Waals surface area contributed by atoms with Gasteiger partial charge in [-0.25, -0.2) is 4.68 Å². The molecule has 0 saturated carbocycles. The number of hydrogen-bond acceptors (Lipinski definition) is 6. The highest BCUT2D eigenvalue weighted by Crippen LogP contribution is 2.20. The molecule has 2 aliphatic rings. The van der Waals surface area contributed by atoms with Gasteiger partial charge in [-0.05, 0) is 47.5 Å². The smallest absolute Gasteiger partial charge is 0.209 e. The first-order chi connectivity index (χ1) is 14.3. The van der Waals surface area contributed by atoms with Gasteiger partial charge in [0.05, 0.1) is 45.9 Å². The number of rotatable bonds is 8. The van der Waals surface area contributed by atoms with E-state index in [1.165, 1.54) is 5.69 Å². The van der Waals surface area contributed by atoms with Crippen molar-refractivity contribution in [2.75, 3.05) is 44.8 Å². The highest BCUT2D eigenvalue weighted by molar-refractivity contribution is 5.49. The van der Waals surface area contributed by atoms with Crippen molar-refractivity contribution in [1.29, 1.82) is 0 Å². The predicted molar refractivity (Wildman–Crippen MR) is 110 cm³/mol. The van der Waals surface area contributed by atoms with Crippen LogP contribution in [0.2, 0.25) is 0 Å². The van der Waals surface area contributed by atoms with Crippen LogP contribution < -0.4 is 14.5 Å². The van der Waals surface area contributed by atoms with E-state index in [-0.39, 0.29) is 6.10 Å². The molecule has 2 fully saturated rings. The Morgan fingerprint density at radius 1 is 1.24 bits per heavy atom. The third-order valence-electron chi connectivity index (χ3n) is 6.19. The molecular weight excluding hydrogens is 368 g/mol. The van der Waals surface area contributed by atoms with Crippen molar-refractivity contribution >= 4 is 5.69 Å². The van der Waals surface area contributed by atoms with Crippen LogP contribution in [0.4, 0.5) is 5.69 Å². The van der Waals surface area contributed by atoms with Crippen LogP contribution in [0.15, 0.2) is 24.3 Å². The van der Waals surface area contributed by atoms with E-state index in [0.29, 0.717) is 6.04 Å². The number of anilines is 1. The van der Waals surface area contributed by atoms with E-state index in [1.54, 1.807) is 12.0 Å². The standard InChI is InChI=1S/C21H32N6O2/c1-3-5-20(21-22-23-24-27(21)16-19-6-4-15-29-19)26-13-11-25(12-14-26)17-7-9-18(28-2)10-8-17/h7-10,19-20H,3-6,11-16H2,1-2H3/p+1/t19-,20-/m1/s1. The van der Waals surface area contributed by atoms with E-state index >= 15 is 0 Å². The van der Waals surface area contributed by atoms with Gasteiger partial charge >= 0.3 is 0 Å². The van der Waals surface area contributed by atoms with Crippen LogP contribution in [0, 0.1) is 0 Å². The van der Waals surface area contributed by atoms with Gasteiger partial charge in [-0.1, -0.05) is 13.3 Å². The second-order valence-electron chi connectivity index (χ2n) is 8.04. The molecule has 1 aromatic heterocycles. The molecule has 0 spiro atoms. The Kier molecular flexibility index (Phi) is 6.61. The van der Waals surface area contributed by atoms with Crippen LogP contribution in [0.5, 0.6) is 5.75 Å². The Labute approximate surface area is 172 Å². The number of benzene rings is 1. The molecule has 3 heterocycles. The van der Waals surface area contributed by atoms with Gasteiger partial charge in [-0.3, -0.25) is 0 Å². The minimum Gasteiger partial charge on any atom is -0.497 e. The summed E-state index contributed by atoms with van der Waals surface area (Å²) in [4.78, 5) is 4.04. The van der Waals surface area contributed by atoms with Crippen LogP contribution in [0.3, 0.4) is 0 Å². The van der Waals surface area contributed by atoms with Crippen molar-refractivity contribution in [2.45, 2.75) is 51.3 Å². The first-order valence-electron chi connectivity index (χ1n) is 10.9. The summed E-state index contributed by atoms with van der Waals surface area (Å²) in [5.74, 6) is 1.93. The molecule has 4 rings (SSSR count). The molecule has 2 aromatic rings. The lowest BCUT2D eigenvalue weighted by atomic mass is 10.1. The third-order valence-corrected chi connectivity index (χ3v) is 6.19. The number of methoxy groups -OCH3 is 1. The van der Waals surface area contributed by atoms with Gasteiger partial charge in [0.2, 0.25) is 5.82 Å². The van der Waals surface area contributed by atoms with Crippen LogP contribution in [0.25, 0.3) is 0 Å². The topological polar surface area (TPSA) is 69.7 Å². The molecule has 1 N–H and O–H groups in total. The molecule has 0 amide bonds. The maximum atomic E-state index is 5.81. The molecule has 0 radical (unpaired) electrons. The second-order valence-corrected chi connectivity index (χ2v) is 8.04. The maximum absolute atomic E-state index is 5.81. The van der Waals surface area contributed by atoms with Gasteiger partial charge in [0, 0.05) is 18.7 Å². The lowest BCUT2D eigenvalue weighted by molar-refractivity contribution is -0.933. The van der Waals surface area contributed by atoms with Crippen LogP contribution in [-0.2, 0) is 11.3 Å². The van der Waals surface area contributed by atoms with Crippen LogP contribution >= 0.6 is 0 Å². The van der Waals surface area contributed by atoms with Crippen molar-refractivity contribution in [3.63, 3.8) is 0 Å². The molecule has 8 heteroatoms. The molecule has 0 unspecified atom stereocenters. The molecule has 0 aliphatic carbocycles. The molecule has 2 saturated heterocycles. The summed E-state index contributed by atoms with van der Waals surface area (Å²) in [7, 11) is 1.71. The SMILES string of the molecule is CCC[C@H](c1nnnn1C[C@H]1CCCO1)[NH+]1CCN(c2ccc(OC)cc2)CC1. The summed E-state index contributed by atoms with van der Waals surface area (Å²) < 4.78 is 13.1. The van der Waals surface area contributed by atoms with Gasteiger partial charge in [-0.2, -0.15) is 0 Å². The lowest BCUT2D eigenvalue weighted by Crippen LogP contribution is -3.15. The summed E-state index contributed by atoms with van der Waals surface area (Å²) in [6.07, 6.45) is 4.72. The molecule has 158 valence electrons. The number of quaternary nitrogens is 1. The minimum atomic E-state index is 0.251. The van der Waals surface area contributed by atoms with E-state index in [2.05, 4.69) is 39.5 Å². The van der Waals surface area contributed by atoms with E-state index in [9.17, 15) is 0 Å². The zero-order valence-electron chi connectivity index (χ0n) is 17.6. The van der Waals surface area contributed by atoms with Gasteiger partial charge in [0.1, 0.15) is 11.8 Å². The molecule has 2 atom stereocenters. The highest BCUT2D eigenvalue weighted by atomic mass is 16.5. The number of aromatic nitrogens is 4. The summed E-state index contributed by atoms with van der Waals surface area (Å²) in [6, 6.07) is 8.71.